The molecule has 1 unspecified atom stereocenters. The van der Waals surface area contributed by atoms with E-state index in [1.54, 1.807) is 0 Å². The van der Waals surface area contributed by atoms with E-state index in [4.69, 9.17) is 5.26 Å². The molecule has 0 N–H and O–H groups in total. The average molecular weight is 241 g/mol. The molecule has 1 nitrogen and oxygen atoms in total. The highest BCUT2D eigenvalue weighted by molar-refractivity contribution is 9.09. The molecule has 0 aliphatic heterocycles. The van der Waals surface area contributed by atoms with Crippen molar-refractivity contribution in [3.05, 3.63) is 0 Å². The lowest BCUT2D eigenvalue weighted by atomic mass is 10.3. The summed E-state index contributed by atoms with van der Waals surface area (Å²) in [4.78, 5) is 0.0417. The van der Waals surface area contributed by atoms with Crippen LogP contribution in [0.2, 0.25) is 0 Å². The van der Waals surface area contributed by atoms with Gasteiger partial charge < -0.3 is 0 Å². The van der Waals surface area contributed by atoms with Crippen molar-refractivity contribution in [2.45, 2.75) is 17.7 Å². The van der Waals surface area contributed by atoms with Crippen molar-refractivity contribution in [2.75, 3.05) is 5.33 Å². The topological polar surface area (TPSA) is 23.8 Å². The average Bonchev–Trinajstić information content (AvgIpc) is 1.83. The summed E-state index contributed by atoms with van der Waals surface area (Å²) >= 11 is 6.47. The van der Waals surface area contributed by atoms with E-state index in [1.165, 1.54) is 0 Å². The Morgan fingerprint density at radius 3 is 2.62 bits per heavy atom. The molecule has 0 bridgehead atoms. The smallest absolute Gasteiger partial charge is 0.101 e. The summed E-state index contributed by atoms with van der Waals surface area (Å²) in [6, 6.07) is 2.10. The van der Waals surface area contributed by atoms with Gasteiger partial charge in [-0.05, 0) is 12.8 Å². The van der Waals surface area contributed by atoms with E-state index in [2.05, 4.69) is 37.9 Å². The van der Waals surface area contributed by atoms with Crippen molar-refractivity contribution >= 4 is 31.9 Å². The van der Waals surface area contributed by atoms with Gasteiger partial charge in [-0.15, -0.1) is 0 Å². The highest BCUT2D eigenvalue weighted by atomic mass is 79.9. The highest BCUT2D eigenvalue weighted by Gasteiger charge is 1.97. The SMILES string of the molecule is N#CC(Br)CCCBr. The minimum atomic E-state index is 0.0417. The van der Waals surface area contributed by atoms with Crippen LogP contribution in [-0.2, 0) is 0 Å². The van der Waals surface area contributed by atoms with E-state index >= 15 is 0 Å². The molecule has 0 rings (SSSR count). The summed E-state index contributed by atoms with van der Waals surface area (Å²) in [6.07, 6.45) is 1.99. The molecule has 0 heterocycles. The van der Waals surface area contributed by atoms with Crippen molar-refractivity contribution < 1.29 is 0 Å². The first-order valence-electron chi connectivity index (χ1n) is 2.41. The quantitative estimate of drug-likeness (QED) is 0.696. The van der Waals surface area contributed by atoms with Gasteiger partial charge in [0, 0.05) is 5.33 Å². The summed E-state index contributed by atoms with van der Waals surface area (Å²) in [5.74, 6) is 0. The van der Waals surface area contributed by atoms with Gasteiger partial charge in [0.15, 0.2) is 0 Å². The van der Waals surface area contributed by atoms with Crippen LogP contribution in [0.5, 0.6) is 0 Å². The van der Waals surface area contributed by atoms with Gasteiger partial charge in [-0.25, -0.2) is 0 Å². The van der Waals surface area contributed by atoms with Crippen LogP contribution < -0.4 is 0 Å². The van der Waals surface area contributed by atoms with Crippen LogP contribution in [-0.4, -0.2) is 10.2 Å². The molecule has 3 heteroatoms. The Hall–Kier alpha value is 0.450. The molecule has 0 fully saturated rings. The number of nitriles is 1. The molecule has 0 aromatic heterocycles. The third-order valence-corrected chi connectivity index (χ3v) is 1.95. The third-order valence-electron chi connectivity index (χ3n) is 0.731. The number of nitrogens with zero attached hydrogens (tertiary/aromatic N) is 1. The molecule has 0 aliphatic rings. The predicted octanol–water partition coefficient (Wildman–Crippen LogP) is 2.45. The predicted molar refractivity (Wildman–Crippen MR) is 41.4 cm³/mol. The molecule has 0 aromatic carbocycles. The van der Waals surface area contributed by atoms with Crippen molar-refractivity contribution in [3.8, 4) is 6.07 Å². The maximum atomic E-state index is 8.25. The van der Waals surface area contributed by atoms with Crippen LogP contribution in [0, 0.1) is 11.3 Å². The zero-order valence-corrected chi connectivity index (χ0v) is 7.57. The molecule has 46 valence electrons. The Morgan fingerprint density at radius 2 is 2.25 bits per heavy atom. The molecular weight excluding hydrogens is 234 g/mol. The van der Waals surface area contributed by atoms with E-state index in [0.29, 0.717) is 0 Å². The van der Waals surface area contributed by atoms with Gasteiger partial charge in [0.05, 0.1) is 6.07 Å². The fourth-order valence-electron chi connectivity index (χ4n) is 0.321. The standard InChI is InChI=1S/C5H7Br2N/c6-3-1-2-5(7)4-8/h5H,1-3H2. The van der Waals surface area contributed by atoms with E-state index in [0.717, 1.165) is 18.2 Å². The van der Waals surface area contributed by atoms with Crippen molar-refractivity contribution in [1.29, 1.82) is 5.26 Å². The summed E-state index contributed by atoms with van der Waals surface area (Å²) < 4.78 is 0. The Bertz CT molecular complexity index is 86.9. The molecule has 0 saturated heterocycles. The van der Waals surface area contributed by atoms with Gasteiger partial charge in [0.2, 0.25) is 0 Å². The minimum Gasteiger partial charge on any atom is -0.197 e. The zero-order valence-electron chi connectivity index (χ0n) is 4.40. The minimum absolute atomic E-state index is 0.0417. The molecule has 0 radical (unpaired) electrons. The Kier molecular flexibility index (Phi) is 5.90. The Morgan fingerprint density at radius 1 is 1.62 bits per heavy atom. The largest absolute Gasteiger partial charge is 0.197 e. The highest BCUT2D eigenvalue weighted by Crippen LogP contribution is 2.06. The zero-order chi connectivity index (χ0) is 6.41. The van der Waals surface area contributed by atoms with E-state index in [9.17, 15) is 0 Å². The lowest BCUT2D eigenvalue weighted by Gasteiger charge is -1.93. The Labute approximate surface area is 66.3 Å². The second-order valence-electron chi connectivity index (χ2n) is 1.43. The van der Waals surface area contributed by atoms with Crippen molar-refractivity contribution in [2.24, 2.45) is 0 Å². The van der Waals surface area contributed by atoms with Gasteiger partial charge in [0.25, 0.3) is 0 Å². The molecule has 0 spiro atoms. The molecule has 0 amide bonds. The second-order valence-corrected chi connectivity index (χ2v) is 3.33. The maximum absolute atomic E-state index is 8.25. The van der Waals surface area contributed by atoms with Gasteiger partial charge in [-0.1, -0.05) is 31.9 Å². The first kappa shape index (κ1) is 8.45. The van der Waals surface area contributed by atoms with Crippen LogP contribution in [0.25, 0.3) is 0 Å². The van der Waals surface area contributed by atoms with Crippen molar-refractivity contribution in [3.63, 3.8) is 0 Å². The van der Waals surface area contributed by atoms with Gasteiger partial charge in [-0.3, -0.25) is 0 Å². The molecular formula is C5H7Br2N. The van der Waals surface area contributed by atoms with Gasteiger partial charge in [0.1, 0.15) is 4.83 Å². The molecule has 1 atom stereocenters. The fraction of sp³-hybridized carbons (Fsp3) is 0.800. The molecule has 0 aliphatic carbocycles. The lowest BCUT2D eigenvalue weighted by molar-refractivity contribution is 0.855. The third kappa shape index (κ3) is 4.61. The lowest BCUT2D eigenvalue weighted by Crippen LogP contribution is -1.91. The summed E-state index contributed by atoms with van der Waals surface area (Å²) in [7, 11) is 0. The first-order chi connectivity index (χ1) is 3.81. The van der Waals surface area contributed by atoms with Crippen LogP contribution in [0.3, 0.4) is 0 Å². The fourth-order valence-corrected chi connectivity index (χ4v) is 0.968. The van der Waals surface area contributed by atoms with E-state index in [-0.39, 0.29) is 4.83 Å². The number of alkyl halides is 2. The monoisotopic (exact) mass is 239 g/mol. The number of hydrogen-bond acceptors (Lipinski definition) is 1. The summed E-state index contributed by atoms with van der Waals surface area (Å²) in [6.45, 7) is 0. The second kappa shape index (κ2) is 5.58. The van der Waals surface area contributed by atoms with Crippen LogP contribution in [0.15, 0.2) is 0 Å². The van der Waals surface area contributed by atoms with Crippen LogP contribution in [0.1, 0.15) is 12.8 Å². The number of halogens is 2. The van der Waals surface area contributed by atoms with E-state index < -0.39 is 0 Å². The van der Waals surface area contributed by atoms with Crippen LogP contribution >= 0.6 is 31.9 Å². The molecule has 0 saturated carbocycles. The maximum Gasteiger partial charge on any atom is 0.101 e. The number of rotatable bonds is 3. The van der Waals surface area contributed by atoms with Gasteiger partial charge in [-0.2, -0.15) is 5.26 Å². The van der Waals surface area contributed by atoms with E-state index in [1.807, 2.05) is 0 Å². The van der Waals surface area contributed by atoms with Crippen molar-refractivity contribution in [1.82, 2.24) is 0 Å². The first-order valence-corrected chi connectivity index (χ1v) is 4.44. The van der Waals surface area contributed by atoms with Gasteiger partial charge >= 0.3 is 0 Å². The normalized spacial score (nSPS) is 12.6. The number of hydrogen-bond donors (Lipinski definition) is 0. The Balaban J connectivity index is 3.02. The summed E-state index contributed by atoms with van der Waals surface area (Å²) in [5, 5.41) is 9.23. The molecule has 8 heavy (non-hydrogen) atoms. The van der Waals surface area contributed by atoms with Crippen LogP contribution in [0.4, 0.5) is 0 Å². The summed E-state index contributed by atoms with van der Waals surface area (Å²) in [5.41, 5.74) is 0. The molecule has 0 aromatic rings.